The molecule has 1 amide bonds. The molecule has 45 heavy (non-hydrogen) atoms. The fourth-order valence-electron chi connectivity index (χ4n) is 5.86. The third kappa shape index (κ3) is 14.4. The van der Waals surface area contributed by atoms with Gasteiger partial charge in [-0.15, -0.1) is 0 Å². The van der Waals surface area contributed by atoms with Crippen LogP contribution in [0.5, 0.6) is 5.75 Å². The molecular weight excluding hydrogens is 640 g/mol. The minimum absolute atomic E-state index is 0. The molecule has 6 heteroatoms. The van der Waals surface area contributed by atoms with Crippen LogP contribution in [0.15, 0.2) is 54.2 Å². The summed E-state index contributed by atoms with van der Waals surface area (Å²) in [5.41, 5.74) is 6.75. The van der Waals surface area contributed by atoms with E-state index in [-0.39, 0.29) is 28.3 Å². The van der Waals surface area contributed by atoms with Gasteiger partial charge in [-0.2, -0.15) is 4.57 Å². The Morgan fingerprint density at radius 3 is 2.09 bits per heavy atom. The summed E-state index contributed by atoms with van der Waals surface area (Å²) in [4.78, 5) is 15.9. The molecule has 0 spiro atoms. The van der Waals surface area contributed by atoms with Crippen molar-refractivity contribution in [3.05, 3.63) is 75.7 Å². The molecule has 0 radical (unpaired) electrons. The van der Waals surface area contributed by atoms with E-state index >= 15 is 0 Å². The van der Waals surface area contributed by atoms with E-state index in [2.05, 4.69) is 87.3 Å². The lowest BCUT2D eigenvalue weighted by Crippen LogP contribution is -3.00. The number of unbranched alkanes of at least 4 members (excludes halogenated alkanes) is 11. The lowest BCUT2D eigenvalue weighted by atomic mass is 9.85. The largest absolute Gasteiger partial charge is 1.00 e. The maximum atomic E-state index is 12.7. The Morgan fingerprint density at radius 1 is 0.867 bits per heavy atom. The number of rotatable bonds is 20. The molecule has 3 aromatic rings. The first kappa shape index (κ1) is 39.0. The molecule has 3 rings (SSSR count). The number of aromatic nitrogens is 1. The van der Waals surface area contributed by atoms with E-state index in [1.54, 1.807) is 18.3 Å². The van der Waals surface area contributed by atoms with Crippen molar-refractivity contribution in [2.45, 2.75) is 137 Å². The van der Waals surface area contributed by atoms with Gasteiger partial charge in [-0.1, -0.05) is 134 Å². The van der Waals surface area contributed by atoms with Crippen LogP contribution in [0.25, 0.3) is 0 Å². The Hall–Kier alpha value is -2.18. The van der Waals surface area contributed by atoms with Crippen molar-refractivity contribution in [1.82, 2.24) is 0 Å². The normalized spacial score (nSPS) is 11.3. The topological polar surface area (TPSA) is 33.4 Å². The summed E-state index contributed by atoms with van der Waals surface area (Å²) in [5, 5.41) is 0. The highest BCUT2D eigenvalue weighted by Gasteiger charge is 2.20. The van der Waals surface area contributed by atoms with E-state index < -0.39 is 0 Å². The summed E-state index contributed by atoms with van der Waals surface area (Å²) in [6, 6.07) is 15.0. The number of carbonyl (C=O) groups is 1. The molecular formula is C39H59BrN2O2S. The van der Waals surface area contributed by atoms with E-state index in [1.807, 2.05) is 11.0 Å². The zero-order valence-electron chi connectivity index (χ0n) is 29.0. The van der Waals surface area contributed by atoms with Gasteiger partial charge in [0.05, 0.1) is 11.5 Å². The van der Waals surface area contributed by atoms with Crippen LogP contribution in [-0.2, 0) is 23.2 Å². The standard InChI is InChI=1S/C39H59N2O2S.BrH/c1-7-8-9-10-11-12-13-14-15-16-17-18-26-43-38-28-34(22-23-37(38)39(4,5)6)24-25-41(33(3)42)36-21-19-20-35(27-36)30-40-29-32(2)44-31-40;/h19-23,27-29,31H,7-18,24-26,30H2,1-6H3;1H/q+1;/p-1. The van der Waals surface area contributed by atoms with Crippen LogP contribution in [0.1, 0.15) is 133 Å². The van der Waals surface area contributed by atoms with Gasteiger partial charge in [0.1, 0.15) is 5.75 Å². The number of hydrogen-bond acceptors (Lipinski definition) is 3. The molecule has 0 aliphatic heterocycles. The molecule has 0 saturated heterocycles. The van der Waals surface area contributed by atoms with Crippen molar-refractivity contribution in [2.75, 3.05) is 18.1 Å². The number of amides is 1. The van der Waals surface area contributed by atoms with Crippen LogP contribution in [0.3, 0.4) is 0 Å². The van der Waals surface area contributed by atoms with E-state index in [0.29, 0.717) is 6.54 Å². The molecule has 0 unspecified atom stereocenters. The zero-order chi connectivity index (χ0) is 31.8. The highest BCUT2D eigenvalue weighted by molar-refractivity contribution is 7.09. The third-order valence-corrected chi connectivity index (χ3v) is 9.28. The molecule has 0 bridgehead atoms. The van der Waals surface area contributed by atoms with Gasteiger partial charge in [0, 0.05) is 24.7 Å². The number of thiazole rings is 1. The minimum atomic E-state index is 0. The molecule has 1 heterocycles. The number of hydrogen-bond donors (Lipinski definition) is 0. The number of benzene rings is 2. The van der Waals surface area contributed by atoms with Crippen molar-refractivity contribution in [2.24, 2.45) is 0 Å². The van der Waals surface area contributed by atoms with Gasteiger partial charge >= 0.3 is 0 Å². The van der Waals surface area contributed by atoms with Crippen LogP contribution < -0.4 is 31.2 Å². The van der Waals surface area contributed by atoms with Crippen LogP contribution in [0.2, 0.25) is 0 Å². The Morgan fingerprint density at radius 2 is 1.51 bits per heavy atom. The minimum Gasteiger partial charge on any atom is -1.00 e. The van der Waals surface area contributed by atoms with Crippen molar-refractivity contribution in [3.8, 4) is 5.75 Å². The molecule has 0 aliphatic carbocycles. The Labute approximate surface area is 289 Å². The van der Waals surface area contributed by atoms with Crippen molar-refractivity contribution in [3.63, 3.8) is 0 Å². The molecule has 0 N–H and O–H groups in total. The predicted octanol–water partition coefficient (Wildman–Crippen LogP) is 7.37. The summed E-state index contributed by atoms with van der Waals surface area (Å²) < 4.78 is 8.63. The molecule has 2 aromatic carbocycles. The molecule has 0 fully saturated rings. The predicted molar refractivity (Wildman–Crippen MR) is 188 cm³/mol. The lowest BCUT2D eigenvalue weighted by molar-refractivity contribution is -0.683. The monoisotopic (exact) mass is 698 g/mol. The molecule has 4 nitrogen and oxygen atoms in total. The number of aryl methyl sites for hydroxylation is 1. The number of anilines is 1. The second-order valence-corrected chi connectivity index (χ2v) is 14.6. The first-order chi connectivity index (χ1) is 21.2. The summed E-state index contributed by atoms with van der Waals surface area (Å²) in [6.45, 7) is 15.0. The highest BCUT2D eigenvalue weighted by Crippen LogP contribution is 2.33. The van der Waals surface area contributed by atoms with Crippen LogP contribution in [0.4, 0.5) is 5.69 Å². The number of ether oxygens (including phenoxy) is 1. The second kappa shape index (κ2) is 20.8. The molecule has 0 atom stereocenters. The second-order valence-electron chi connectivity index (χ2n) is 13.5. The third-order valence-electron chi connectivity index (χ3n) is 8.42. The van der Waals surface area contributed by atoms with Crippen molar-refractivity contribution in [1.29, 1.82) is 0 Å². The zero-order valence-corrected chi connectivity index (χ0v) is 31.4. The summed E-state index contributed by atoms with van der Waals surface area (Å²) in [6.07, 6.45) is 19.1. The van der Waals surface area contributed by atoms with E-state index in [0.717, 1.165) is 37.4 Å². The Bertz CT molecular complexity index is 1270. The molecule has 0 saturated carbocycles. The fraction of sp³-hybridized carbons (Fsp3) is 0.590. The highest BCUT2D eigenvalue weighted by atomic mass is 79.9. The number of halogens is 1. The maximum Gasteiger partial charge on any atom is 0.225 e. The molecule has 0 aliphatic rings. The lowest BCUT2D eigenvalue weighted by Gasteiger charge is -2.25. The van der Waals surface area contributed by atoms with Gasteiger partial charge in [0.2, 0.25) is 11.4 Å². The van der Waals surface area contributed by atoms with Crippen LogP contribution >= 0.6 is 11.3 Å². The van der Waals surface area contributed by atoms with Crippen molar-refractivity contribution >= 4 is 22.9 Å². The van der Waals surface area contributed by atoms with Gasteiger partial charge in [-0.3, -0.25) is 4.79 Å². The van der Waals surface area contributed by atoms with Gasteiger partial charge in [0.15, 0.2) is 12.7 Å². The Kier molecular flexibility index (Phi) is 18.1. The van der Waals surface area contributed by atoms with Crippen LogP contribution in [0, 0.1) is 6.92 Å². The Balaban J connectivity index is 0.00000705. The first-order valence-corrected chi connectivity index (χ1v) is 18.1. The van der Waals surface area contributed by atoms with E-state index in [1.165, 1.54) is 92.2 Å². The fourth-order valence-corrected chi connectivity index (χ4v) is 6.49. The van der Waals surface area contributed by atoms with E-state index in [4.69, 9.17) is 4.74 Å². The summed E-state index contributed by atoms with van der Waals surface area (Å²) in [5.74, 6) is 1.06. The number of nitrogens with zero attached hydrogens (tertiary/aromatic N) is 2. The average molecular weight is 700 g/mol. The van der Waals surface area contributed by atoms with Gasteiger partial charge in [-0.05, 0) is 54.5 Å². The van der Waals surface area contributed by atoms with Gasteiger partial charge < -0.3 is 26.6 Å². The summed E-state index contributed by atoms with van der Waals surface area (Å²) in [7, 11) is 0. The molecule has 250 valence electrons. The first-order valence-electron chi connectivity index (χ1n) is 17.2. The van der Waals surface area contributed by atoms with Crippen LogP contribution in [-0.4, -0.2) is 19.1 Å². The summed E-state index contributed by atoms with van der Waals surface area (Å²) >= 11 is 1.75. The maximum absolute atomic E-state index is 12.7. The quantitative estimate of drug-likeness (QED) is 0.0913. The van der Waals surface area contributed by atoms with Gasteiger partial charge in [0.25, 0.3) is 0 Å². The molecule has 1 aromatic heterocycles. The SMILES string of the molecule is CCCCCCCCCCCCCCOc1cc(CCN(C(C)=O)c2cccc(C[n+]3csc(C)c3)c2)ccc1C(C)(C)C.[Br-]. The van der Waals surface area contributed by atoms with Gasteiger partial charge in [-0.25, -0.2) is 0 Å². The average Bonchev–Trinajstić information content (AvgIpc) is 3.39. The smallest absolute Gasteiger partial charge is 0.225 e. The van der Waals surface area contributed by atoms with Crippen molar-refractivity contribution < 1.29 is 31.1 Å². The van der Waals surface area contributed by atoms with E-state index in [9.17, 15) is 4.79 Å². The number of carbonyl (C=O) groups excluding carboxylic acids is 1.